The van der Waals surface area contributed by atoms with Gasteiger partial charge in [0.15, 0.2) is 5.11 Å². The van der Waals surface area contributed by atoms with E-state index in [0.29, 0.717) is 6.10 Å². The highest BCUT2D eigenvalue weighted by Gasteiger charge is 2.20. The van der Waals surface area contributed by atoms with Crippen LogP contribution in [0.5, 0.6) is 5.75 Å². The fourth-order valence-corrected chi connectivity index (χ4v) is 3.48. The standard InChI is InChI=1S/C18H27N3O2S/c1-22-16-6-4-15(5-7-16)14-20-8-10-21(11-9-20)18(24)19-13-17-3-2-12-23-17/h4-7,17H,2-3,8-14H2,1H3,(H,19,24)/t17-/m1/s1. The lowest BCUT2D eigenvalue weighted by atomic mass is 10.2. The summed E-state index contributed by atoms with van der Waals surface area (Å²) in [6, 6.07) is 8.32. The number of hydrogen-bond donors (Lipinski definition) is 1. The third-order valence-corrected chi connectivity index (χ3v) is 5.13. The van der Waals surface area contributed by atoms with Gasteiger partial charge in [-0.3, -0.25) is 4.90 Å². The quantitative estimate of drug-likeness (QED) is 0.818. The van der Waals surface area contributed by atoms with Crippen molar-refractivity contribution >= 4 is 17.3 Å². The van der Waals surface area contributed by atoms with Gasteiger partial charge in [0.25, 0.3) is 0 Å². The largest absolute Gasteiger partial charge is 0.497 e. The van der Waals surface area contributed by atoms with E-state index in [2.05, 4.69) is 27.2 Å². The summed E-state index contributed by atoms with van der Waals surface area (Å²) in [5.74, 6) is 0.909. The molecule has 3 rings (SSSR count). The molecule has 2 saturated heterocycles. The van der Waals surface area contributed by atoms with Gasteiger partial charge in [0.2, 0.25) is 0 Å². The van der Waals surface area contributed by atoms with Crippen molar-refractivity contribution in [2.75, 3.05) is 46.4 Å². The van der Waals surface area contributed by atoms with Crippen LogP contribution >= 0.6 is 12.2 Å². The van der Waals surface area contributed by atoms with Crippen molar-refractivity contribution in [3.63, 3.8) is 0 Å². The Kier molecular flexibility index (Phi) is 6.29. The Balaban J connectivity index is 1.38. The molecule has 1 aromatic carbocycles. The number of thiocarbonyl (C=S) groups is 1. The van der Waals surface area contributed by atoms with Crippen molar-refractivity contribution in [1.29, 1.82) is 0 Å². The molecule has 0 spiro atoms. The first-order valence-electron chi connectivity index (χ1n) is 8.74. The first-order valence-corrected chi connectivity index (χ1v) is 9.15. The summed E-state index contributed by atoms with van der Waals surface area (Å²) in [6.45, 7) is 6.74. The summed E-state index contributed by atoms with van der Waals surface area (Å²) in [4.78, 5) is 4.75. The van der Waals surface area contributed by atoms with Crippen molar-refractivity contribution < 1.29 is 9.47 Å². The van der Waals surface area contributed by atoms with Crippen LogP contribution in [0.15, 0.2) is 24.3 Å². The van der Waals surface area contributed by atoms with Crippen molar-refractivity contribution in [2.24, 2.45) is 0 Å². The Morgan fingerprint density at radius 2 is 2.00 bits per heavy atom. The SMILES string of the molecule is COc1ccc(CN2CCN(C(=S)NC[C@H]3CCCO3)CC2)cc1. The second-order valence-corrected chi connectivity index (χ2v) is 6.82. The van der Waals surface area contributed by atoms with Crippen LogP contribution in [0.25, 0.3) is 0 Å². The highest BCUT2D eigenvalue weighted by Crippen LogP contribution is 2.14. The Hall–Kier alpha value is -1.37. The zero-order chi connectivity index (χ0) is 16.8. The maximum atomic E-state index is 5.63. The Morgan fingerprint density at radius 3 is 2.62 bits per heavy atom. The highest BCUT2D eigenvalue weighted by molar-refractivity contribution is 7.80. The molecule has 0 unspecified atom stereocenters. The molecule has 1 aromatic rings. The molecule has 2 aliphatic rings. The van der Waals surface area contributed by atoms with Crippen LogP contribution < -0.4 is 10.1 Å². The first-order chi connectivity index (χ1) is 11.7. The summed E-state index contributed by atoms with van der Waals surface area (Å²) < 4.78 is 10.8. The van der Waals surface area contributed by atoms with Gasteiger partial charge in [-0.2, -0.15) is 0 Å². The maximum Gasteiger partial charge on any atom is 0.169 e. The lowest BCUT2D eigenvalue weighted by Crippen LogP contribution is -2.52. The van der Waals surface area contributed by atoms with Gasteiger partial charge in [-0.15, -0.1) is 0 Å². The molecule has 2 fully saturated rings. The minimum atomic E-state index is 0.333. The zero-order valence-electron chi connectivity index (χ0n) is 14.4. The van der Waals surface area contributed by atoms with Crippen molar-refractivity contribution in [2.45, 2.75) is 25.5 Å². The lowest BCUT2D eigenvalue weighted by molar-refractivity contribution is 0.112. The zero-order valence-corrected chi connectivity index (χ0v) is 15.2. The molecule has 0 aliphatic carbocycles. The van der Waals surface area contributed by atoms with E-state index in [1.165, 1.54) is 12.0 Å². The van der Waals surface area contributed by atoms with E-state index >= 15 is 0 Å². The molecule has 2 heterocycles. The topological polar surface area (TPSA) is 37.0 Å². The van der Waals surface area contributed by atoms with Crippen molar-refractivity contribution in [3.8, 4) is 5.75 Å². The van der Waals surface area contributed by atoms with Gasteiger partial charge in [0.05, 0.1) is 13.2 Å². The van der Waals surface area contributed by atoms with Crippen LogP contribution in [0.3, 0.4) is 0 Å². The number of benzene rings is 1. The van der Waals surface area contributed by atoms with E-state index in [9.17, 15) is 0 Å². The highest BCUT2D eigenvalue weighted by atomic mass is 32.1. The van der Waals surface area contributed by atoms with E-state index in [0.717, 1.165) is 63.2 Å². The minimum absolute atomic E-state index is 0.333. The molecular weight excluding hydrogens is 322 g/mol. The molecule has 5 nitrogen and oxygen atoms in total. The van der Waals surface area contributed by atoms with E-state index in [1.54, 1.807) is 7.11 Å². The van der Waals surface area contributed by atoms with E-state index in [4.69, 9.17) is 21.7 Å². The number of ether oxygens (including phenoxy) is 2. The van der Waals surface area contributed by atoms with Gasteiger partial charge in [0, 0.05) is 45.9 Å². The van der Waals surface area contributed by atoms with E-state index in [1.807, 2.05) is 12.1 Å². The second kappa shape index (κ2) is 8.65. The van der Waals surface area contributed by atoms with E-state index in [-0.39, 0.29) is 0 Å². The Labute approximate surface area is 149 Å². The first kappa shape index (κ1) is 17.5. The number of nitrogens with one attached hydrogen (secondary N) is 1. The minimum Gasteiger partial charge on any atom is -0.497 e. The number of rotatable bonds is 5. The third-order valence-electron chi connectivity index (χ3n) is 4.73. The number of nitrogens with zero attached hydrogens (tertiary/aromatic N) is 2. The lowest BCUT2D eigenvalue weighted by Gasteiger charge is -2.36. The van der Waals surface area contributed by atoms with Crippen LogP contribution in [-0.4, -0.2) is 67.5 Å². The summed E-state index contributed by atoms with van der Waals surface area (Å²) in [5, 5.41) is 4.24. The average Bonchev–Trinajstić information content (AvgIpc) is 3.14. The van der Waals surface area contributed by atoms with Crippen LogP contribution in [-0.2, 0) is 11.3 Å². The van der Waals surface area contributed by atoms with Crippen LogP contribution in [0.4, 0.5) is 0 Å². The fraction of sp³-hybridized carbons (Fsp3) is 0.611. The van der Waals surface area contributed by atoms with Crippen LogP contribution in [0.1, 0.15) is 18.4 Å². The van der Waals surface area contributed by atoms with Gasteiger partial charge < -0.3 is 19.7 Å². The molecule has 0 amide bonds. The number of hydrogen-bond acceptors (Lipinski definition) is 4. The normalized spacial score (nSPS) is 21.7. The van der Waals surface area contributed by atoms with Gasteiger partial charge in [-0.25, -0.2) is 0 Å². The Bertz CT molecular complexity index is 524. The van der Waals surface area contributed by atoms with Crippen LogP contribution in [0, 0.1) is 0 Å². The molecule has 24 heavy (non-hydrogen) atoms. The summed E-state index contributed by atoms with van der Waals surface area (Å²) in [5.41, 5.74) is 1.32. The molecule has 0 radical (unpaired) electrons. The van der Waals surface area contributed by atoms with E-state index < -0.39 is 0 Å². The molecule has 1 atom stereocenters. The predicted octanol–water partition coefficient (Wildman–Crippen LogP) is 1.87. The molecule has 6 heteroatoms. The van der Waals surface area contributed by atoms with Crippen molar-refractivity contribution in [1.82, 2.24) is 15.1 Å². The molecule has 0 bridgehead atoms. The van der Waals surface area contributed by atoms with Gasteiger partial charge in [-0.05, 0) is 42.8 Å². The molecule has 2 aliphatic heterocycles. The number of piperazine rings is 1. The smallest absolute Gasteiger partial charge is 0.169 e. The molecule has 132 valence electrons. The Morgan fingerprint density at radius 1 is 1.25 bits per heavy atom. The average molecular weight is 350 g/mol. The monoisotopic (exact) mass is 349 g/mol. The molecule has 0 aromatic heterocycles. The van der Waals surface area contributed by atoms with Gasteiger partial charge in [0.1, 0.15) is 5.75 Å². The summed E-state index contributed by atoms with van der Waals surface area (Å²) in [7, 11) is 1.70. The molecule has 0 saturated carbocycles. The third kappa shape index (κ3) is 4.82. The molecular formula is C18H27N3O2S. The van der Waals surface area contributed by atoms with Crippen molar-refractivity contribution in [3.05, 3.63) is 29.8 Å². The number of methoxy groups -OCH3 is 1. The summed E-state index contributed by atoms with van der Waals surface area (Å²) in [6.07, 6.45) is 2.65. The fourth-order valence-electron chi connectivity index (χ4n) is 3.22. The second-order valence-electron chi connectivity index (χ2n) is 6.43. The predicted molar refractivity (Wildman–Crippen MR) is 99.4 cm³/mol. The molecule has 1 N–H and O–H groups in total. The summed E-state index contributed by atoms with van der Waals surface area (Å²) >= 11 is 5.53. The van der Waals surface area contributed by atoms with Gasteiger partial charge in [-0.1, -0.05) is 12.1 Å². The van der Waals surface area contributed by atoms with Gasteiger partial charge >= 0.3 is 0 Å². The van der Waals surface area contributed by atoms with Crippen LogP contribution in [0.2, 0.25) is 0 Å². The maximum absolute atomic E-state index is 5.63.